The smallest absolute Gasteiger partial charge is 0.220 e. The maximum Gasteiger partial charge on any atom is 0.220 e. The van der Waals surface area contributed by atoms with Gasteiger partial charge in [-0.3, -0.25) is 4.79 Å². The van der Waals surface area contributed by atoms with Crippen LogP contribution in [0.1, 0.15) is 181 Å². The van der Waals surface area contributed by atoms with E-state index in [-0.39, 0.29) is 12.5 Å². The van der Waals surface area contributed by atoms with Crippen LogP contribution in [0.2, 0.25) is 0 Å². The van der Waals surface area contributed by atoms with Crippen molar-refractivity contribution < 1.29 is 39.8 Å². The van der Waals surface area contributed by atoms with Gasteiger partial charge in [0.15, 0.2) is 6.29 Å². The molecule has 0 spiro atoms. The minimum Gasteiger partial charge on any atom is -0.394 e. The minimum atomic E-state index is -1.57. The second-order valence-corrected chi connectivity index (χ2v) is 15.1. The van der Waals surface area contributed by atoms with Gasteiger partial charge in [-0.2, -0.15) is 0 Å². The van der Waals surface area contributed by atoms with Gasteiger partial charge in [0.1, 0.15) is 24.4 Å². The number of hydrogen-bond donors (Lipinski definition) is 6. The Balaban J connectivity index is 2.41. The second-order valence-electron chi connectivity index (χ2n) is 15.1. The number of amides is 1. The lowest BCUT2D eigenvalue weighted by Gasteiger charge is -2.40. The fourth-order valence-electron chi connectivity index (χ4n) is 6.65. The molecule has 0 radical (unpaired) electrons. The summed E-state index contributed by atoms with van der Waals surface area (Å²) in [6.07, 6.45) is 34.6. The highest BCUT2D eigenvalue weighted by Gasteiger charge is 2.44. The molecule has 0 aliphatic carbocycles. The predicted octanol–water partition coefficient (Wildman–Crippen LogP) is 8.50. The standard InChI is InChI=1S/C44H81NO8/c1-3-5-7-9-11-13-15-17-19-21-23-25-27-29-31-33-38(47)37(36-52-44-43(51)42(50)41(49)39(35-46)53-44)45-40(48)34-32-30-28-26-24-22-20-18-16-14-12-10-8-6-4-2/h12,14,18,20,31,33,37-39,41-44,46-47,49-51H,3-11,13,15-17,19,21-30,32,34-36H2,1-2H3,(H,45,48)/b14-12-,20-18-,33-31+. The summed E-state index contributed by atoms with van der Waals surface area (Å²) in [6, 6.07) is -0.810. The van der Waals surface area contributed by atoms with Crippen molar-refractivity contribution in [2.24, 2.45) is 0 Å². The average molecular weight is 752 g/mol. The van der Waals surface area contributed by atoms with Gasteiger partial charge in [-0.15, -0.1) is 0 Å². The van der Waals surface area contributed by atoms with Crippen LogP contribution in [0.5, 0.6) is 0 Å². The molecule has 1 rings (SSSR count). The number of allylic oxidation sites excluding steroid dienone is 5. The molecule has 0 aromatic heterocycles. The van der Waals surface area contributed by atoms with Crippen molar-refractivity contribution in [1.82, 2.24) is 5.32 Å². The Morgan fingerprint density at radius 3 is 1.66 bits per heavy atom. The summed E-state index contributed by atoms with van der Waals surface area (Å²) >= 11 is 0. The molecule has 310 valence electrons. The third kappa shape index (κ3) is 26.0. The van der Waals surface area contributed by atoms with E-state index in [4.69, 9.17) is 9.47 Å². The maximum absolute atomic E-state index is 12.9. The van der Waals surface area contributed by atoms with E-state index in [9.17, 15) is 30.3 Å². The third-order valence-electron chi connectivity index (χ3n) is 10.2. The van der Waals surface area contributed by atoms with Gasteiger partial charge in [0.05, 0.1) is 25.4 Å². The van der Waals surface area contributed by atoms with E-state index in [1.54, 1.807) is 6.08 Å². The summed E-state index contributed by atoms with van der Waals surface area (Å²) in [5, 5.41) is 54.1. The molecule has 1 heterocycles. The summed E-state index contributed by atoms with van der Waals surface area (Å²) in [5.41, 5.74) is 0. The van der Waals surface area contributed by atoms with Crippen LogP contribution in [-0.2, 0) is 14.3 Å². The first-order valence-electron chi connectivity index (χ1n) is 21.7. The molecular weight excluding hydrogens is 670 g/mol. The van der Waals surface area contributed by atoms with Gasteiger partial charge >= 0.3 is 0 Å². The molecule has 1 aliphatic rings. The lowest BCUT2D eigenvalue weighted by atomic mass is 9.99. The Kier molecular flexibility index (Phi) is 32.5. The fourth-order valence-corrected chi connectivity index (χ4v) is 6.65. The Bertz CT molecular complexity index is 925. The Morgan fingerprint density at radius 1 is 0.642 bits per heavy atom. The molecular formula is C44H81NO8. The minimum absolute atomic E-state index is 0.193. The van der Waals surface area contributed by atoms with Crippen molar-refractivity contribution in [3.8, 4) is 0 Å². The number of ether oxygens (including phenoxy) is 2. The second kappa shape index (κ2) is 34.9. The van der Waals surface area contributed by atoms with Crippen molar-refractivity contribution in [2.45, 2.75) is 224 Å². The van der Waals surface area contributed by atoms with E-state index in [1.165, 1.54) is 96.3 Å². The highest BCUT2D eigenvalue weighted by atomic mass is 16.7. The average Bonchev–Trinajstić information content (AvgIpc) is 3.16. The van der Waals surface area contributed by atoms with E-state index in [2.05, 4.69) is 43.5 Å². The molecule has 0 aromatic rings. The molecule has 0 aromatic carbocycles. The number of rotatable bonds is 35. The highest BCUT2D eigenvalue weighted by Crippen LogP contribution is 2.22. The zero-order valence-corrected chi connectivity index (χ0v) is 33.8. The molecule has 7 atom stereocenters. The molecule has 0 bridgehead atoms. The van der Waals surface area contributed by atoms with Crippen molar-refractivity contribution in [1.29, 1.82) is 0 Å². The Labute approximate surface area is 323 Å². The van der Waals surface area contributed by atoms with E-state index < -0.39 is 49.5 Å². The Morgan fingerprint density at radius 2 is 1.11 bits per heavy atom. The number of aliphatic hydroxyl groups excluding tert-OH is 5. The van der Waals surface area contributed by atoms with Crippen LogP contribution in [0.4, 0.5) is 0 Å². The van der Waals surface area contributed by atoms with Gasteiger partial charge in [-0.05, 0) is 51.4 Å². The van der Waals surface area contributed by atoms with Gasteiger partial charge in [0, 0.05) is 6.42 Å². The maximum atomic E-state index is 12.9. The summed E-state index contributed by atoms with van der Waals surface area (Å²) in [5.74, 6) is -0.193. The molecule has 1 amide bonds. The molecule has 0 saturated carbocycles. The van der Waals surface area contributed by atoms with Gasteiger partial charge < -0.3 is 40.3 Å². The van der Waals surface area contributed by atoms with Crippen LogP contribution >= 0.6 is 0 Å². The van der Waals surface area contributed by atoms with Gasteiger partial charge in [-0.25, -0.2) is 0 Å². The Hall–Kier alpha value is -1.59. The number of nitrogens with one attached hydrogen (secondary N) is 1. The topological polar surface area (TPSA) is 149 Å². The lowest BCUT2D eigenvalue weighted by Crippen LogP contribution is -2.60. The predicted molar refractivity (Wildman–Crippen MR) is 216 cm³/mol. The van der Waals surface area contributed by atoms with Gasteiger partial charge in [-0.1, -0.05) is 159 Å². The van der Waals surface area contributed by atoms with Crippen molar-refractivity contribution >= 4 is 5.91 Å². The first-order valence-corrected chi connectivity index (χ1v) is 21.7. The van der Waals surface area contributed by atoms with Crippen LogP contribution in [0.15, 0.2) is 36.5 Å². The molecule has 1 aliphatic heterocycles. The van der Waals surface area contributed by atoms with Crippen LogP contribution in [0, 0.1) is 0 Å². The third-order valence-corrected chi connectivity index (χ3v) is 10.2. The molecule has 7 unspecified atom stereocenters. The summed E-state index contributed by atoms with van der Waals surface area (Å²) in [7, 11) is 0. The largest absolute Gasteiger partial charge is 0.394 e. The van der Waals surface area contributed by atoms with Gasteiger partial charge in [0.2, 0.25) is 5.91 Å². The zero-order valence-electron chi connectivity index (χ0n) is 33.8. The summed E-state index contributed by atoms with van der Waals surface area (Å²) < 4.78 is 11.2. The van der Waals surface area contributed by atoms with E-state index in [0.717, 1.165) is 64.2 Å². The van der Waals surface area contributed by atoms with E-state index >= 15 is 0 Å². The number of hydrogen-bond acceptors (Lipinski definition) is 8. The van der Waals surface area contributed by atoms with Crippen LogP contribution < -0.4 is 5.32 Å². The molecule has 9 nitrogen and oxygen atoms in total. The SMILES string of the molecule is CCCCC/C=C\C/C=C\CCCCCCCC(=O)NC(COC1OC(CO)C(O)C(O)C1O)C(O)/C=C/CCCCCCCCCCCCCCC. The number of unbranched alkanes of at least 4 members (excludes halogenated alkanes) is 21. The van der Waals surface area contributed by atoms with Crippen molar-refractivity contribution in [3.63, 3.8) is 0 Å². The quantitative estimate of drug-likeness (QED) is 0.0279. The van der Waals surface area contributed by atoms with Crippen LogP contribution in [0.25, 0.3) is 0 Å². The summed E-state index contributed by atoms with van der Waals surface area (Å²) in [6.45, 7) is 3.72. The monoisotopic (exact) mass is 752 g/mol. The lowest BCUT2D eigenvalue weighted by molar-refractivity contribution is -0.302. The first-order chi connectivity index (χ1) is 25.8. The number of carbonyl (C=O) groups is 1. The van der Waals surface area contributed by atoms with Crippen molar-refractivity contribution in [2.75, 3.05) is 13.2 Å². The van der Waals surface area contributed by atoms with E-state index in [1.807, 2.05) is 6.08 Å². The van der Waals surface area contributed by atoms with Crippen LogP contribution in [-0.4, -0.2) is 87.5 Å². The number of carbonyl (C=O) groups excluding carboxylic acids is 1. The van der Waals surface area contributed by atoms with Gasteiger partial charge in [0.25, 0.3) is 0 Å². The molecule has 1 saturated heterocycles. The zero-order chi connectivity index (χ0) is 38.8. The highest BCUT2D eigenvalue weighted by molar-refractivity contribution is 5.76. The van der Waals surface area contributed by atoms with Crippen LogP contribution in [0.3, 0.4) is 0 Å². The molecule has 53 heavy (non-hydrogen) atoms. The normalized spacial score (nSPS) is 22.0. The first kappa shape index (κ1) is 49.4. The molecule has 6 N–H and O–H groups in total. The van der Waals surface area contributed by atoms with Crippen molar-refractivity contribution in [3.05, 3.63) is 36.5 Å². The fraction of sp³-hybridized carbons (Fsp3) is 0.841. The van der Waals surface area contributed by atoms with E-state index in [0.29, 0.717) is 6.42 Å². The summed E-state index contributed by atoms with van der Waals surface area (Å²) in [4.78, 5) is 12.9. The molecule has 9 heteroatoms. The number of aliphatic hydroxyl groups is 5. The molecule has 1 fully saturated rings.